The van der Waals surface area contributed by atoms with E-state index in [9.17, 15) is 9.50 Å². The van der Waals surface area contributed by atoms with Gasteiger partial charge < -0.3 is 10.4 Å². The van der Waals surface area contributed by atoms with Crippen molar-refractivity contribution in [3.63, 3.8) is 0 Å². The van der Waals surface area contributed by atoms with Gasteiger partial charge in [-0.05, 0) is 31.0 Å². The van der Waals surface area contributed by atoms with Crippen LogP contribution in [-0.4, -0.2) is 17.7 Å². The van der Waals surface area contributed by atoms with Crippen LogP contribution in [0.25, 0.3) is 0 Å². The van der Waals surface area contributed by atoms with E-state index in [4.69, 9.17) is 0 Å². The van der Waals surface area contributed by atoms with E-state index in [0.717, 1.165) is 12.0 Å². The molecule has 0 fully saturated rings. The van der Waals surface area contributed by atoms with Gasteiger partial charge in [-0.3, -0.25) is 0 Å². The molecular formula is C12H18FNO. The fraction of sp³-hybridized carbons (Fsp3) is 0.500. The van der Waals surface area contributed by atoms with Crippen molar-refractivity contribution < 1.29 is 9.50 Å². The zero-order chi connectivity index (χ0) is 11.3. The fourth-order valence-corrected chi connectivity index (χ4v) is 1.26. The summed E-state index contributed by atoms with van der Waals surface area (Å²) >= 11 is 0. The maximum atomic E-state index is 12.6. The van der Waals surface area contributed by atoms with Crippen LogP contribution in [0.15, 0.2) is 24.3 Å². The van der Waals surface area contributed by atoms with Gasteiger partial charge in [-0.15, -0.1) is 0 Å². The van der Waals surface area contributed by atoms with Gasteiger partial charge in [-0.2, -0.15) is 0 Å². The molecule has 0 aliphatic rings. The van der Waals surface area contributed by atoms with Gasteiger partial charge in [-0.25, -0.2) is 4.39 Å². The summed E-state index contributed by atoms with van der Waals surface area (Å²) in [6.45, 7) is 4.65. The lowest BCUT2D eigenvalue weighted by molar-refractivity contribution is 0.170. The molecule has 0 spiro atoms. The van der Waals surface area contributed by atoms with Gasteiger partial charge >= 0.3 is 0 Å². The molecule has 0 aliphatic carbocycles. The average molecular weight is 211 g/mol. The molecule has 1 rings (SSSR count). The summed E-state index contributed by atoms with van der Waals surface area (Å²) in [5.41, 5.74) is 0.743. The smallest absolute Gasteiger partial charge is 0.123 e. The first-order valence-corrected chi connectivity index (χ1v) is 5.30. The Balaban J connectivity index is 2.46. The molecule has 0 heterocycles. The lowest BCUT2D eigenvalue weighted by Crippen LogP contribution is -2.29. The number of aliphatic hydroxyl groups excluding tert-OH is 1. The number of aliphatic hydroxyl groups is 1. The largest absolute Gasteiger partial charge is 0.387 e. The highest BCUT2D eigenvalue weighted by atomic mass is 19.1. The van der Waals surface area contributed by atoms with Crippen molar-refractivity contribution in [1.82, 2.24) is 5.32 Å². The first-order chi connectivity index (χ1) is 7.13. The number of hydrogen-bond donors (Lipinski definition) is 2. The average Bonchev–Trinajstić information content (AvgIpc) is 2.26. The molecule has 3 heteroatoms. The predicted molar refractivity (Wildman–Crippen MR) is 59.1 cm³/mol. The lowest BCUT2D eigenvalue weighted by Gasteiger charge is -2.15. The summed E-state index contributed by atoms with van der Waals surface area (Å²) in [7, 11) is 0. The van der Waals surface area contributed by atoms with E-state index in [2.05, 4.69) is 19.2 Å². The molecule has 2 N–H and O–H groups in total. The highest BCUT2D eigenvalue weighted by Crippen LogP contribution is 2.12. The van der Waals surface area contributed by atoms with Crippen molar-refractivity contribution >= 4 is 0 Å². The Morgan fingerprint density at radius 3 is 2.47 bits per heavy atom. The number of halogens is 1. The molecule has 0 radical (unpaired) electrons. The van der Waals surface area contributed by atoms with Crippen LogP contribution in [0.2, 0.25) is 0 Å². The number of hydrogen-bond acceptors (Lipinski definition) is 2. The van der Waals surface area contributed by atoms with Gasteiger partial charge in [0.15, 0.2) is 0 Å². The Morgan fingerprint density at radius 2 is 1.93 bits per heavy atom. The van der Waals surface area contributed by atoms with Crippen LogP contribution in [0, 0.1) is 5.82 Å². The molecule has 15 heavy (non-hydrogen) atoms. The number of benzene rings is 1. The molecule has 0 aliphatic heterocycles. The van der Waals surface area contributed by atoms with E-state index in [0.29, 0.717) is 12.6 Å². The normalized spacial score (nSPS) is 14.9. The maximum absolute atomic E-state index is 12.6. The van der Waals surface area contributed by atoms with Crippen molar-refractivity contribution in [2.24, 2.45) is 0 Å². The van der Waals surface area contributed by atoms with E-state index in [1.54, 1.807) is 12.1 Å². The predicted octanol–water partition coefficient (Wildman–Crippen LogP) is 2.25. The summed E-state index contributed by atoms with van der Waals surface area (Å²) in [5, 5.41) is 13.0. The lowest BCUT2D eigenvalue weighted by atomic mass is 10.1. The molecule has 2 atom stereocenters. The van der Waals surface area contributed by atoms with Crippen LogP contribution >= 0.6 is 0 Å². The Labute approximate surface area is 90.1 Å². The molecule has 0 amide bonds. The van der Waals surface area contributed by atoms with Gasteiger partial charge in [0.1, 0.15) is 5.82 Å². The second-order valence-corrected chi connectivity index (χ2v) is 3.78. The molecule has 0 saturated carbocycles. The van der Waals surface area contributed by atoms with Crippen LogP contribution < -0.4 is 5.32 Å². The summed E-state index contributed by atoms with van der Waals surface area (Å²) in [5.74, 6) is -0.277. The van der Waals surface area contributed by atoms with Crippen molar-refractivity contribution in [3.05, 3.63) is 35.6 Å². The van der Waals surface area contributed by atoms with Gasteiger partial charge in [-0.1, -0.05) is 19.1 Å². The second kappa shape index (κ2) is 5.83. The number of nitrogens with one attached hydrogen (secondary N) is 1. The third-order valence-electron chi connectivity index (χ3n) is 2.53. The first kappa shape index (κ1) is 12.1. The zero-order valence-electron chi connectivity index (χ0n) is 9.20. The van der Waals surface area contributed by atoms with Crippen LogP contribution in [0.1, 0.15) is 31.9 Å². The molecule has 2 nitrogen and oxygen atoms in total. The van der Waals surface area contributed by atoms with Crippen molar-refractivity contribution in [3.8, 4) is 0 Å². The van der Waals surface area contributed by atoms with E-state index >= 15 is 0 Å². The molecule has 0 saturated heterocycles. The molecule has 0 aromatic heterocycles. The van der Waals surface area contributed by atoms with Crippen molar-refractivity contribution in [2.45, 2.75) is 32.4 Å². The standard InChI is InChI=1S/C12H18FNO/c1-3-9(2)14-8-12(15)10-4-6-11(13)7-5-10/h4-7,9,12,14-15H,3,8H2,1-2H3. The van der Waals surface area contributed by atoms with Crippen LogP contribution in [0.5, 0.6) is 0 Å². The summed E-state index contributed by atoms with van der Waals surface area (Å²) in [6.07, 6.45) is 0.454. The van der Waals surface area contributed by atoms with Crippen LogP contribution in [0.4, 0.5) is 4.39 Å². The molecule has 0 bridgehead atoms. The minimum Gasteiger partial charge on any atom is -0.387 e. The van der Waals surface area contributed by atoms with Crippen molar-refractivity contribution in [1.29, 1.82) is 0 Å². The van der Waals surface area contributed by atoms with E-state index in [1.807, 2.05) is 0 Å². The number of rotatable bonds is 5. The molecular weight excluding hydrogens is 193 g/mol. The zero-order valence-corrected chi connectivity index (χ0v) is 9.20. The molecule has 1 aromatic carbocycles. The van der Waals surface area contributed by atoms with E-state index < -0.39 is 6.10 Å². The first-order valence-electron chi connectivity index (χ1n) is 5.30. The van der Waals surface area contributed by atoms with Crippen LogP contribution in [0.3, 0.4) is 0 Å². The summed E-state index contributed by atoms with van der Waals surface area (Å²) in [6, 6.07) is 6.33. The Kier molecular flexibility index (Phi) is 4.72. The molecule has 84 valence electrons. The minimum absolute atomic E-state index is 0.277. The topological polar surface area (TPSA) is 32.3 Å². The Bertz CT molecular complexity index is 286. The maximum Gasteiger partial charge on any atom is 0.123 e. The monoisotopic (exact) mass is 211 g/mol. The van der Waals surface area contributed by atoms with Crippen LogP contribution in [-0.2, 0) is 0 Å². The minimum atomic E-state index is -0.570. The second-order valence-electron chi connectivity index (χ2n) is 3.78. The van der Waals surface area contributed by atoms with E-state index in [1.165, 1.54) is 12.1 Å². The third-order valence-corrected chi connectivity index (χ3v) is 2.53. The van der Waals surface area contributed by atoms with Gasteiger partial charge in [0.25, 0.3) is 0 Å². The summed E-state index contributed by atoms with van der Waals surface area (Å²) in [4.78, 5) is 0. The Morgan fingerprint density at radius 1 is 1.33 bits per heavy atom. The summed E-state index contributed by atoms with van der Waals surface area (Å²) < 4.78 is 12.6. The fourth-order valence-electron chi connectivity index (χ4n) is 1.26. The van der Waals surface area contributed by atoms with Gasteiger partial charge in [0.2, 0.25) is 0 Å². The molecule has 1 aromatic rings. The third kappa shape index (κ3) is 3.98. The van der Waals surface area contributed by atoms with Crippen molar-refractivity contribution in [2.75, 3.05) is 6.54 Å². The molecule has 2 unspecified atom stereocenters. The van der Waals surface area contributed by atoms with Gasteiger partial charge in [0.05, 0.1) is 6.10 Å². The SMILES string of the molecule is CCC(C)NCC(O)c1ccc(F)cc1. The van der Waals surface area contributed by atoms with Gasteiger partial charge in [0, 0.05) is 12.6 Å². The Hall–Kier alpha value is -0.930. The van der Waals surface area contributed by atoms with E-state index in [-0.39, 0.29) is 5.82 Å². The highest BCUT2D eigenvalue weighted by molar-refractivity contribution is 5.18. The highest BCUT2D eigenvalue weighted by Gasteiger charge is 2.08. The quantitative estimate of drug-likeness (QED) is 0.783.